The number of nitrogens with two attached hydrogens (primary N) is 1. The van der Waals surface area contributed by atoms with E-state index >= 15 is 0 Å². The van der Waals surface area contributed by atoms with Gasteiger partial charge in [-0.3, -0.25) is 0 Å². The Balaban J connectivity index is 2.01. The van der Waals surface area contributed by atoms with Crippen molar-refractivity contribution in [2.45, 2.75) is 56.4 Å². The average Bonchev–Trinajstić information content (AvgIpc) is 3.29. The molecule has 0 aromatic heterocycles. The van der Waals surface area contributed by atoms with Crippen LogP contribution in [0.1, 0.15) is 46.0 Å². The first-order chi connectivity index (χ1) is 10.8. The average molecular weight is 340 g/mol. The maximum absolute atomic E-state index is 12.6. The summed E-state index contributed by atoms with van der Waals surface area (Å²) in [6.07, 6.45) is 4.96. The molecule has 130 valence electrons. The third-order valence-electron chi connectivity index (χ3n) is 3.96. The molecule has 1 saturated carbocycles. The normalized spacial score (nSPS) is 15.6. The number of hydrogen-bond acceptors (Lipinski definition) is 4. The lowest BCUT2D eigenvalue weighted by molar-refractivity contribution is 0.299. The Morgan fingerprint density at radius 2 is 2.04 bits per heavy atom. The summed E-state index contributed by atoms with van der Waals surface area (Å²) in [6.45, 7) is 5.09. The molecule has 1 aromatic rings. The summed E-state index contributed by atoms with van der Waals surface area (Å²) < 4.78 is 33.6. The summed E-state index contributed by atoms with van der Waals surface area (Å²) in [5.41, 5.74) is 4.99. The van der Waals surface area contributed by atoms with Gasteiger partial charge in [-0.25, -0.2) is 13.1 Å². The molecule has 1 aromatic carbocycles. The summed E-state index contributed by atoms with van der Waals surface area (Å²) in [4.78, 5) is 0.248. The Kier molecular flexibility index (Phi) is 6.06. The van der Waals surface area contributed by atoms with Crippen molar-refractivity contribution in [3.63, 3.8) is 0 Å². The Labute approximate surface area is 139 Å². The van der Waals surface area contributed by atoms with E-state index in [9.17, 15) is 8.42 Å². The number of benzene rings is 1. The zero-order chi connectivity index (χ0) is 16.9. The minimum absolute atomic E-state index is 0.248. The third-order valence-corrected chi connectivity index (χ3v) is 5.66. The highest BCUT2D eigenvalue weighted by Crippen LogP contribution is 2.30. The van der Waals surface area contributed by atoms with E-state index in [0.717, 1.165) is 19.3 Å². The first kappa shape index (κ1) is 18.2. The van der Waals surface area contributed by atoms with Gasteiger partial charge in [0.1, 0.15) is 5.75 Å². The van der Waals surface area contributed by atoms with Gasteiger partial charge in [-0.1, -0.05) is 12.5 Å². The fourth-order valence-corrected chi connectivity index (χ4v) is 3.89. The number of hydrogen-bond donors (Lipinski definition) is 2. The molecule has 6 heteroatoms. The quantitative estimate of drug-likeness (QED) is 0.642. The van der Waals surface area contributed by atoms with Crippen LogP contribution in [0.25, 0.3) is 0 Å². The topological polar surface area (TPSA) is 81.4 Å². The van der Waals surface area contributed by atoms with Gasteiger partial charge in [0.05, 0.1) is 11.5 Å². The molecule has 5 nitrogen and oxygen atoms in total. The van der Waals surface area contributed by atoms with Crippen LogP contribution in [-0.4, -0.2) is 27.1 Å². The first-order valence-corrected chi connectivity index (χ1v) is 9.78. The van der Waals surface area contributed by atoms with Crippen LogP contribution in [0.3, 0.4) is 0 Å². The predicted molar refractivity (Wildman–Crippen MR) is 92.0 cm³/mol. The molecule has 23 heavy (non-hydrogen) atoms. The van der Waals surface area contributed by atoms with Crippen molar-refractivity contribution in [2.75, 3.05) is 13.2 Å². The van der Waals surface area contributed by atoms with Gasteiger partial charge in [0.15, 0.2) is 0 Å². The Bertz CT molecular complexity index is 610. The van der Waals surface area contributed by atoms with E-state index in [-0.39, 0.29) is 4.90 Å². The number of nitrogens with one attached hydrogen (secondary N) is 1. The molecule has 1 fully saturated rings. The fourth-order valence-electron chi connectivity index (χ4n) is 2.41. The zero-order valence-electron chi connectivity index (χ0n) is 14.0. The molecule has 0 bridgehead atoms. The van der Waals surface area contributed by atoms with Crippen molar-refractivity contribution in [1.82, 2.24) is 4.72 Å². The number of rotatable bonds is 10. The van der Waals surface area contributed by atoms with Crippen LogP contribution in [0, 0.1) is 5.92 Å². The van der Waals surface area contributed by atoms with E-state index in [0.29, 0.717) is 24.8 Å². The summed E-state index contributed by atoms with van der Waals surface area (Å²) in [7, 11) is -3.56. The highest BCUT2D eigenvalue weighted by molar-refractivity contribution is 7.89. The van der Waals surface area contributed by atoms with Crippen LogP contribution in [0.4, 0.5) is 0 Å². The molecule has 0 heterocycles. The van der Waals surface area contributed by atoms with Crippen LogP contribution >= 0.6 is 0 Å². The monoisotopic (exact) mass is 340 g/mol. The van der Waals surface area contributed by atoms with Crippen LogP contribution in [0.15, 0.2) is 29.2 Å². The van der Waals surface area contributed by atoms with Gasteiger partial charge in [0, 0.05) is 11.6 Å². The summed E-state index contributed by atoms with van der Waals surface area (Å²) in [5.74, 6) is 1.25. The SMILES string of the molecule is CC(C)(CCCCN)NS(=O)(=O)c1cccc(OCC2CC2)c1. The lowest BCUT2D eigenvalue weighted by Crippen LogP contribution is -2.43. The van der Waals surface area contributed by atoms with Crippen LogP contribution in [0.5, 0.6) is 5.75 Å². The smallest absolute Gasteiger partial charge is 0.241 e. The van der Waals surface area contributed by atoms with Gasteiger partial charge in [0.25, 0.3) is 0 Å². The minimum Gasteiger partial charge on any atom is -0.493 e. The highest BCUT2D eigenvalue weighted by atomic mass is 32.2. The first-order valence-electron chi connectivity index (χ1n) is 8.29. The number of ether oxygens (including phenoxy) is 1. The van der Waals surface area contributed by atoms with Crippen LogP contribution < -0.4 is 15.2 Å². The maximum atomic E-state index is 12.6. The van der Waals surface area contributed by atoms with E-state index in [1.54, 1.807) is 24.3 Å². The van der Waals surface area contributed by atoms with E-state index in [1.807, 2.05) is 13.8 Å². The standard InChI is InChI=1S/C17H28N2O3S/c1-17(2,10-3-4-11-18)19-23(20,21)16-7-5-6-15(12-16)22-13-14-8-9-14/h5-7,12,14,19H,3-4,8-11,13,18H2,1-2H3. The molecular formula is C17H28N2O3S. The molecule has 0 saturated heterocycles. The van der Waals surface area contributed by atoms with Crippen molar-refractivity contribution in [1.29, 1.82) is 0 Å². The number of sulfonamides is 1. The molecule has 0 aliphatic heterocycles. The molecule has 0 amide bonds. The Hall–Kier alpha value is -1.11. The fraction of sp³-hybridized carbons (Fsp3) is 0.647. The van der Waals surface area contributed by atoms with Crippen molar-refractivity contribution >= 4 is 10.0 Å². The van der Waals surface area contributed by atoms with Crippen LogP contribution in [0.2, 0.25) is 0 Å². The summed E-state index contributed by atoms with van der Waals surface area (Å²) >= 11 is 0. The highest BCUT2D eigenvalue weighted by Gasteiger charge is 2.26. The van der Waals surface area contributed by atoms with E-state index < -0.39 is 15.6 Å². The van der Waals surface area contributed by atoms with Gasteiger partial charge >= 0.3 is 0 Å². The molecule has 3 N–H and O–H groups in total. The zero-order valence-corrected chi connectivity index (χ0v) is 14.9. The molecule has 0 radical (unpaired) electrons. The second kappa shape index (κ2) is 7.64. The second-order valence-electron chi connectivity index (χ2n) is 6.96. The van der Waals surface area contributed by atoms with Crippen molar-refractivity contribution < 1.29 is 13.2 Å². The third kappa shape index (κ3) is 6.12. The molecule has 0 spiro atoms. The van der Waals surface area contributed by atoms with Gasteiger partial charge in [-0.2, -0.15) is 0 Å². The predicted octanol–water partition coefficient (Wildman–Crippen LogP) is 2.66. The lowest BCUT2D eigenvalue weighted by atomic mass is 9.99. The van der Waals surface area contributed by atoms with Crippen molar-refractivity contribution in [3.8, 4) is 5.75 Å². The van der Waals surface area contributed by atoms with Crippen molar-refractivity contribution in [2.24, 2.45) is 11.7 Å². The summed E-state index contributed by atoms with van der Waals surface area (Å²) in [6, 6.07) is 6.72. The molecule has 1 aliphatic rings. The van der Waals surface area contributed by atoms with Gasteiger partial charge in [0.2, 0.25) is 10.0 Å². The second-order valence-corrected chi connectivity index (χ2v) is 8.65. The van der Waals surface area contributed by atoms with Gasteiger partial charge in [-0.15, -0.1) is 0 Å². The molecule has 1 aliphatic carbocycles. The largest absolute Gasteiger partial charge is 0.493 e. The minimum atomic E-state index is -3.56. The Morgan fingerprint density at radius 1 is 1.30 bits per heavy atom. The van der Waals surface area contributed by atoms with E-state index in [1.165, 1.54) is 12.8 Å². The summed E-state index contributed by atoms with van der Waals surface area (Å²) in [5, 5.41) is 0. The van der Waals surface area contributed by atoms with E-state index in [4.69, 9.17) is 10.5 Å². The number of unbranched alkanes of at least 4 members (excludes halogenated alkanes) is 1. The molecule has 2 rings (SSSR count). The van der Waals surface area contributed by atoms with Gasteiger partial charge in [-0.05, 0) is 64.1 Å². The van der Waals surface area contributed by atoms with E-state index in [2.05, 4.69) is 4.72 Å². The Morgan fingerprint density at radius 3 is 2.70 bits per heavy atom. The lowest BCUT2D eigenvalue weighted by Gasteiger charge is -2.26. The molecule has 0 atom stereocenters. The molecule has 0 unspecified atom stereocenters. The molecular weight excluding hydrogens is 312 g/mol. The maximum Gasteiger partial charge on any atom is 0.241 e. The van der Waals surface area contributed by atoms with Gasteiger partial charge < -0.3 is 10.5 Å². The van der Waals surface area contributed by atoms with Crippen LogP contribution in [-0.2, 0) is 10.0 Å². The van der Waals surface area contributed by atoms with Crippen molar-refractivity contribution in [3.05, 3.63) is 24.3 Å².